The summed E-state index contributed by atoms with van der Waals surface area (Å²) in [6, 6.07) is 12.0. The van der Waals surface area contributed by atoms with Crippen LogP contribution in [0.4, 0.5) is 5.82 Å². The van der Waals surface area contributed by atoms with Gasteiger partial charge in [0, 0.05) is 35.9 Å². The number of aliphatic hydroxyl groups is 1. The minimum Gasteiger partial charge on any atom is -0.391 e. The summed E-state index contributed by atoms with van der Waals surface area (Å²) in [6.07, 6.45) is 2.36. The number of β-amino-alcohol motifs (C(OH)–C–C–N with tert-alkyl or cyclic N) is 1. The summed E-state index contributed by atoms with van der Waals surface area (Å²) < 4.78 is 0. The summed E-state index contributed by atoms with van der Waals surface area (Å²) in [5, 5.41) is 10.7. The van der Waals surface area contributed by atoms with E-state index in [0.29, 0.717) is 12.4 Å². The lowest BCUT2D eigenvalue weighted by Gasteiger charge is -2.16. The molecule has 2 aromatic heterocycles. The Bertz CT molecular complexity index is 847. The van der Waals surface area contributed by atoms with Gasteiger partial charge in [0.05, 0.1) is 11.6 Å². The van der Waals surface area contributed by atoms with Crippen molar-refractivity contribution in [1.82, 2.24) is 15.0 Å². The second-order valence-electron chi connectivity index (χ2n) is 5.94. The monoisotopic (exact) mass is 306 g/mol. The van der Waals surface area contributed by atoms with Gasteiger partial charge in [0.25, 0.3) is 0 Å². The molecule has 0 unspecified atom stereocenters. The first-order chi connectivity index (χ1) is 11.2. The van der Waals surface area contributed by atoms with Crippen molar-refractivity contribution in [3.05, 3.63) is 48.3 Å². The van der Waals surface area contributed by atoms with Crippen molar-refractivity contribution in [2.75, 3.05) is 18.0 Å². The molecule has 1 saturated heterocycles. The van der Waals surface area contributed by atoms with E-state index in [1.54, 1.807) is 0 Å². The van der Waals surface area contributed by atoms with Gasteiger partial charge >= 0.3 is 0 Å². The molecule has 0 bridgehead atoms. The van der Waals surface area contributed by atoms with E-state index in [1.807, 2.05) is 49.5 Å². The highest BCUT2D eigenvalue weighted by molar-refractivity contribution is 5.82. The van der Waals surface area contributed by atoms with Crippen LogP contribution in [0.1, 0.15) is 12.1 Å². The molecule has 3 heterocycles. The SMILES string of the molecule is Cc1nc(-c2ccc(N3CC[C@H](O)C3)nc2)nc2ccccc12. The molecule has 1 aromatic carbocycles. The molecule has 0 spiro atoms. The quantitative estimate of drug-likeness (QED) is 0.788. The molecule has 23 heavy (non-hydrogen) atoms. The average Bonchev–Trinajstić information content (AvgIpc) is 3.01. The molecular weight excluding hydrogens is 288 g/mol. The Morgan fingerprint density at radius 2 is 2.00 bits per heavy atom. The maximum Gasteiger partial charge on any atom is 0.161 e. The zero-order valence-corrected chi connectivity index (χ0v) is 13.0. The Morgan fingerprint density at radius 3 is 2.74 bits per heavy atom. The van der Waals surface area contributed by atoms with E-state index in [4.69, 9.17) is 0 Å². The lowest BCUT2D eigenvalue weighted by Crippen LogP contribution is -2.21. The van der Waals surface area contributed by atoms with Gasteiger partial charge in [0.1, 0.15) is 5.82 Å². The lowest BCUT2D eigenvalue weighted by molar-refractivity contribution is 0.198. The van der Waals surface area contributed by atoms with Crippen LogP contribution in [0.15, 0.2) is 42.6 Å². The molecular formula is C18H18N4O. The van der Waals surface area contributed by atoms with Crippen LogP contribution in [-0.2, 0) is 0 Å². The van der Waals surface area contributed by atoms with Gasteiger partial charge in [-0.1, -0.05) is 18.2 Å². The van der Waals surface area contributed by atoms with Crippen LogP contribution in [0.25, 0.3) is 22.3 Å². The summed E-state index contributed by atoms with van der Waals surface area (Å²) in [4.78, 5) is 15.9. The molecule has 1 aliphatic heterocycles. The second kappa shape index (κ2) is 5.59. The van der Waals surface area contributed by atoms with E-state index in [2.05, 4.69) is 19.9 Å². The highest BCUT2D eigenvalue weighted by atomic mass is 16.3. The van der Waals surface area contributed by atoms with E-state index in [9.17, 15) is 5.11 Å². The number of hydrogen-bond acceptors (Lipinski definition) is 5. The van der Waals surface area contributed by atoms with Crippen molar-refractivity contribution < 1.29 is 5.11 Å². The predicted octanol–water partition coefficient (Wildman–Crippen LogP) is 2.57. The smallest absolute Gasteiger partial charge is 0.161 e. The lowest BCUT2D eigenvalue weighted by atomic mass is 10.2. The average molecular weight is 306 g/mol. The van der Waals surface area contributed by atoms with Crippen molar-refractivity contribution in [2.45, 2.75) is 19.4 Å². The largest absolute Gasteiger partial charge is 0.391 e. The van der Waals surface area contributed by atoms with Crippen LogP contribution < -0.4 is 4.90 Å². The van der Waals surface area contributed by atoms with Gasteiger partial charge < -0.3 is 10.0 Å². The number of aliphatic hydroxyl groups excluding tert-OH is 1. The van der Waals surface area contributed by atoms with Gasteiger partial charge in [-0.15, -0.1) is 0 Å². The van der Waals surface area contributed by atoms with Crippen LogP contribution in [0.2, 0.25) is 0 Å². The van der Waals surface area contributed by atoms with E-state index >= 15 is 0 Å². The summed E-state index contributed by atoms with van der Waals surface area (Å²) >= 11 is 0. The summed E-state index contributed by atoms with van der Waals surface area (Å²) in [7, 11) is 0. The Kier molecular flexibility index (Phi) is 3.42. The first kappa shape index (κ1) is 14.1. The van der Waals surface area contributed by atoms with Crippen molar-refractivity contribution in [2.24, 2.45) is 0 Å². The fourth-order valence-electron chi connectivity index (χ4n) is 3.02. The molecule has 1 N–H and O–H groups in total. The number of anilines is 1. The fourth-order valence-corrected chi connectivity index (χ4v) is 3.02. The number of aromatic nitrogens is 3. The Balaban J connectivity index is 1.68. The van der Waals surface area contributed by atoms with Gasteiger partial charge in [-0.05, 0) is 31.5 Å². The maximum absolute atomic E-state index is 9.64. The van der Waals surface area contributed by atoms with Crippen LogP contribution in [-0.4, -0.2) is 39.3 Å². The second-order valence-corrected chi connectivity index (χ2v) is 5.94. The van der Waals surface area contributed by atoms with E-state index in [-0.39, 0.29) is 6.10 Å². The minimum atomic E-state index is -0.247. The van der Waals surface area contributed by atoms with Gasteiger partial charge in [-0.3, -0.25) is 0 Å². The number of rotatable bonds is 2. The molecule has 1 atom stereocenters. The Morgan fingerprint density at radius 1 is 1.13 bits per heavy atom. The number of benzene rings is 1. The zero-order valence-electron chi connectivity index (χ0n) is 13.0. The van der Waals surface area contributed by atoms with Crippen LogP contribution in [0.5, 0.6) is 0 Å². The third-order valence-electron chi connectivity index (χ3n) is 4.29. The van der Waals surface area contributed by atoms with Crippen molar-refractivity contribution >= 4 is 16.7 Å². The standard InChI is InChI=1S/C18H18N4O/c1-12-15-4-2-3-5-16(15)21-18(20-12)13-6-7-17(19-10-13)22-9-8-14(23)11-22/h2-7,10,14,23H,8-9,11H2,1H3/t14-/m0/s1. The fraction of sp³-hybridized carbons (Fsp3) is 0.278. The number of pyridine rings is 1. The van der Waals surface area contributed by atoms with Crippen LogP contribution in [0.3, 0.4) is 0 Å². The Hall–Kier alpha value is -2.53. The molecule has 0 radical (unpaired) electrons. The maximum atomic E-state index is 9.64. The van der Waals surface area contributed by atoms with E-state index in [1.165, 1.54) is 0 Å². The summed E-state index contributed by atoms with van der Waals surface area (Å²) in [6.45, 7) is 3.50. The third-order valence-corrected chi connectivity index (χ3v) is 4.29. The van der Waals surface area contributed by atoms with Crippen molar-refractivity contribution in [3.63, 3.8) is 0 Å². The van der Waals surface area contributed by atoms with Gasteiger partial charge in [0.2, 0.25) is 0 Å². The van der Waals surface area contributed by atoms with Crippen molar-refractivity contribution in [1.29, 1.82) is 0 Å². The van der Waals surface area contributed by atoms with Gasteiger partial charge in [-0.2, -0.15) is 0 Å². The number of nitrogens with zero attached hydrogens (tertiary/aromatic N) is 4. The number of para-hydroxylation sites is 1. The first-order valence-corrected chi connectivity index (χ1v) is 7.83. The number of fused-ring (bicyclic) bond motifs is 1. The van der Waals surface area contributed by atoms with E-state index in [0.717, 1.165) is 40.9 Å². The Labute approximate surface area is 134 Å². The number of aryl methyl sites for hydroxylation is 1. The summed E-state index contributed by atoms with van der Waals surface area (Å²) in [5.41, 5.74) is 2.82. The molecule has 1 aliphatic rings. The summed E-state index contributed by atoms with van der Waals surface area (Å²) in [5.74, 6) is 1.59. The molecule has 4 rings (SSSR count). The molecule has 0 saturated carbocycles. The van der Waals surface area contributed by atoms with Crippen molar-refractivity contribution in [3.8, 4) is 11.4 Å². The van der Waals surface area contributed by atoms with Crippen LogP contribution in [0, 0.1) is 6.92 Å². The highest BCUT2D eigenvalue weighted by Gasteiger charge is 2.21. The number of hydrogen-bond donors (Lipinski definition) is 1. The first-order valence-electron chi connectivity index (χ1n) is 7.83. The normalized spacial score (nSPS) is 17.8. The zero-order chi connectivity index (χ0) is 15.8. The molecule has 1 fully saturated rings. The van der Waals surface area contributed by atoms with Gasteiger partial charge in [-0.25, -0.2) is 15.0 Å². The molecule has 0 amide bonds. The third kappa shape index (κ3) is 2.64. The van der Waals surface area contributed by atoms with Crippen LogP contribution >= 0.6 is 0 Å². The highest BCUT2D eigenvalue weighted by Crippen LogP contribution is 2.23. The minimum absolute atomic E-state index is 0.247. The molecule has 5 heteroatoms. The molecule has 116 valence electrons. The molecule has 5 nitrogen and oxygen atoms in total. The predicted molar refractivity (Wildman–Crippen MR) is 90.3 cm³/mol. The topological polar surface area (TPSA) is 62.1 Å². The van der Waals surface area contributed by atoms with E-state index < -0.39 is 0 Å². The molecule has 0 aliphatic carbocycles. The molecule has 3 aromatic rings. The van der Waals surface area contributed by atoms with Gasteiger partial charge in [0.15, 0.2) is 5.82 Å².